The Morgan fingerprint density at radius 3 is 2.74 bits per heavy atom. The van der Waals surface area contributed by atoms with E-state index in [9.17, 15) is 4.79 Å². The van der Waals surface area contributed by atoms with Gasteiger partial charge in [0.2, 0.25) is 0 Å². The molecule has 0 amide bonds. The minimum atomic E-state index is -0.271. The van der Waals surface area contributed by atoms with Crippen molar-refractivity contribution in [3.63, 3.8) is 0 Å². The molecule has 0 atom stereocenters. The first-order valence-electron chi connectivity index (χ1n) is 6.81. The highest BCUT2D eigenvalue weighted by Crippen LogP contribution is 2.23. The van der Waals surface area contributed by atoms with Crippen molar-refractivity contribution in [1.29, 1.82) is 0 Å². The second kappa shape index (κ2) is 6.57. The summed E-state index contributed by atoms with van der Waals surface area (Å²) in [6, 6.07) is 7.63. The number of benzene rings is 1. The second-order valence-corrected chi connectivity index (χ2v) is 5.08. The highest BCUT2D eigenvalue weighted by atomic mass is 16.5. The van der Waals surface area contributed by atoms with E-state index in [0.717, 1.165) is 25.3 Å². The third-order valence-corrected chi connectivity index (χ3v) is 3.71. The van der Waals surface area contributed by atoms with Crippen molar-refractivity contribution in [1.82, 2.24) is 5.32 Å². The lowest BCUT2D eigenvalue weighted by Crippen LogP contribution is -2.35. The van der Waals surface area contributed by atoms with Crippen molar-refractivity contribution in [2.45, 2.75) is 12.8 Å². The Labute approximate surface area is 114 Å². The van der Waals surface area contributed by atoms with Crippen LogP contribution in [0.1, 0.15) is 23.2 Å². The molecular formula is C15H22N2O2. The first-order valence-corrected chi connectivity index (χ1v) is 6.81. The number of nitrogens with zero attached hydrogens (tertiary/aromatic N) is 1. The van der Waals surface area contributed by atoms with Crippen molar-refractivity contribution in [2.24, 2.45) is 5.92 Å². The van der Waals surface area contributed by atoms with Gasteiger partial charge in [0.1, 0.15) is 0 Å². The molecule has 1 aliphatic rings. The Morgan fingerprint density at radius 1 is 1.37 bits per heavy atom. The molecule has 0 unspecified atom stereocenters. The van der Waals surface area contributed by atoms with Gasteiger partial charge in [0.15, 0.2) is 0 Å². The molecule has 0 saturated carbocycles. The zero-order valence-electron chi connectivity index (χ0n) is 11.7. The molecule has 1 N–H and O–H groups in total. The largest absolute Gasteiger partial charge is 0.465 e. The fourth-order valence-corrected chi connectivity index (χ4v) is 2.64. The van der Waals surface area contributed by atoms with E-state index in [4.69, 9.17) is 4.74 Å². The van der Waals surface area contributed by atoms with Gasteiger partial charge in [-0.2, -0.15) is 0 Å². The van der Waals surface area contributed by atoms with Gasteiger partial charge >= 0.3 is 5.97 Å². The first-order chi connectivity index (χ1) is 9.22. The number of rotatable bonds is 4. The van der Waals surface area contributed by atoms with E-state index in [0.29, 0.717) is 11.5 Å². The van der Waals surface area contributed by atoms with Crippen molar-refractivity contribution < 1.29 is 9.53 Å². The fourth-order valence-electron chi connectivity index (χ4n) is 2.64. The lowest BCUT2D eigenvalue weighted by atomic mass is 9.97. The summed E-state index contributed by atoms with van der Waals surface area (Å²) in [6.45, 7) is 3.17. The Hall–Kier alpha value is -1.55. The van der Waals surface area contributed by atoms with E-state index in [2.05, 4.69) is 10.2 Å². The third-order valence-electron chi connectivity index (χ3n) is 3.71. The number of anilines is 1. The van der Waals surface area contributed by atoms with Crippen LogP contribution in [-0.2, 0) is 4.74 Å². The van der Waals surface area contributed by atoms with Crippen LogP contribution in [0.5, 0.6) is 0 Å². The lowest BCUT2D eigenvalue weighted by Gasteiger charge is -2.29. The van der Waals surface area contributed by atoms with Crippen LogP contribution in [0.25, 0.3) is 0 Å². The van der Waals surface area contributed by atoms with Gasteiger partial charge in [-0.1, -0.05) is 12.1 Å². The fraction of sp³-hybridized carbons (Fsp3) is 0.533. The molecule has 4 heteroatoms. The van der Waals surface area contributed by atoms with Crippen LogP contribution < -0.4 is 10.2 Å². The minimum Gasteiger partial charge on any atom is -0.465 e. The van der Waals surface area contributed by atoms with E-state index in [1.54, 1.807) is 0 Å². The molecule has 4 nitrogen and oxygen atoms in total. The quantitative estimate of drug-likeness (QED) is 0.842. The maximum Gasteiger partial charge on any atom is 0.339 e. The molecule has 1 aromatic carbocycles. The second-order valence-electron chi connectivity index (χ2n) is 5.08. The highest BCUT2D eigenvalue weighted by Gasteiger charge is 2.18. The summed E-state index contributed by atoms with van der Waals surface area (Å²) in [5, 5.41) is 3.37. The monoisotopic (exact) mass is 262 g/mol. The van der Waals surface area contributed by atoms with Crippen LogP contribution in [-0.4, -0.2) is 39.8 Å². The van der Waals surface area contributed by atoms with Crippen LogP contribution in [0, 0.1) is 5.92 Å². The number of ether oxygens (including phenoxy) is 1. The minimum absolute atomic E-state index is 0.271. The summed E-state index contributed by atoms with van der Waals surface area (Å²) in [7, 11) is 3.47. The van der Waals surface area contributed by atoms with Crippen molar-refractivity contribution in [3.05, 3.63) is 29.8 Å². The molecule has 1 aromatic rings. The number of para-hydroxylation sites is 1. The van der Waals surface area contributed by atoms with Crippen LogP contribution in [0.15, 0.2) is 24.3 Å². The maximum atomic E-state index is 11.8. The number of hydrogen-bond acceptors (Lipinski definition) is 4. The molecule has 1 aliphatic heterocycles. The Kier molecular flexibility index (Phi) is 4.80. The number of carbonyl (C=O) groups is 1. The highest BCUT2D eigenvalue weighted by molar-refractivity contribution is 5.95. The molecule has 1 heterocycles. The average Bonchev–Trinajstić information content (AvgIpc) is 2.47. The number of carbonyl (C=O) groups excluding carboxylic acids is 1. The first kappa shape index (κ1) is 13.9. The van der Waals surface area contributed by atoms with Gasteiger partial charge in [0.05, 0.1) is 18.4 Å². The summed E-state index contributed by atoms with van der Waals surface area (Å²) in [6.07, 6.45) is 2.40. The van der Waals surface area contributed by atoms with Crippen LogP contribution in [0.4, 0.5) is 5.69 Å². The van der Waals surface area contributed by atoms with Crippen molar-refractivity contribution >= 4 is 11.7 Å². The topological polar surface area (TPSA) is 41.6 Å². The summed E-state index contributed by atoms with van der Waals surface area (Å²) in [4.78, 5) is 13.9. The average molecular weight is 262 g/mol. The van der Waals surface area contributed by atoms with E-state index in [1.807, 2.05) is 31.3 Å². The zero-order chi connectivity index (χ0) is 13.7. The summed E-state index contributed by atoms with van der Waals surface area (Å²) >= 11 is 0. The molecule has 0 spiro atoms. The van der Waals surface area contributed by atoms with E-state index >= 15 is 0 Å². The number of esters is 1. The number of methoxy groups -OCH3 is 1. The predicted molar refractivity (Wildman–Crippen MR) is 76.6 cm³/mol. The van der Waals surface area contributed by atoms with E-state index in [1.165, 1.54) is 20.0 Å². The van der Waals surface area contributed by atoms with Gasteiger partial charge < -0.3 is 15.0 Å². The molecule has 0 radical (unpaired) electrons. The molecule has 0 aliphatic carbocycles. The SMILES string of the molecule is COC(=O)c1ccccc1N(C)CC1CCNCC1. The molecule has 1 saturated heterocycles. The molecule has 19 heavy (non-hydrogen) atoms. The number of hydrogen-bond donors (Lipinski definition) is 1. The molecule has 0 aromatic heterocycles. The number of nitrogens with one attached hydrogen (secondary N) is 1. The standard InChI is InChI=1S/C15H22N2O2/c1-17(11-12-7-9-16-10-8-12)14-6-4-3-5-13(14)15(18)19-2/h3-6,12,16H,7-11H2,1-2H3. The van der Waals surface area contributed by atoms with Gasteiger partial charge in [-0.15, -0.1) is 0 Å². The smallest absolute Gasteiger partial charge is 0.339 e. The van der Waals surface area contributed by atoms with Crippen molar-refractivity contribution in [3.8, 4) is 0 Å². The Bertz CT molecular complexity index is 428. The Morgan fingerprint density at radius 2 is 2.05 bits per heavy atom. The van der Waals surface area contributed by atoms with Crippen LogP contribution >= 0.6 is 0 Å². The van der Waals surface area contributed by atoms with Gasteiger partial charge in [0, 0.05) is 13.6 Å². The third kappa shape index (κ3) is 3.47. The van der Waals surface area contributed by atoms with Gasteiger partial charge in [-0.25, -0.2) is 4.79 Å². The molecule has 1 fully saturated rings. The normalized spacial score (nSPS) is 16.1. The van der Waals surface area contributed by atoms with Gasteiger partial charge in [-0.05, 0) is 44.0 Å². The van der Waals surface area contributed by atoms with Crippen LogP contribution in [0.3, 0.4) is 0 Å². The lowest BCUT2D eigenvalue weighted by molar-refractivity contribution is 0.0601. The van der Waals surface area contributed by atoms with Crippen molar-refractivity contribution in [2.75, 3.05) is 38.7 Å². The predicted octanol–water partition coefficient (Wildman–Crippen LogP) is 1.91. The molecule has 2 rings (SSSR count). The summed E-state index contributed by atoms with van der Waals surface area (Å²) in [5.74, 6) is 0.421. The molecular weight excluding hydrogens is 240 g/mol. The van der Waals surface area contributed by atoms with E-state index < -0.39 is 0 Å². The zero-order valence-corrected chi connectivity index (χ0v) is 11.7. The summed E-state index contributed by atoms with van der Waals surface area (Å²) in [5.41, 5.74) is 1.59. The van der Waals surface area contributed by atoms with Gasteiger partial charge in [-0.3, -0.25) is 0 Å². The summed E-state index contributed by atoms with van der Waals surface area (Å²) < 4.78 is 4.84. The van der Waals surface area contributed by atoms with Gasteiger partial charge in [0.25, 0.3) is 0 Å². The Balaban J connectivity index is 2.09. The molecule has 0 bridgehead atoms. The molecule has 104 valence electrons. The maximum absolute atomic E-state index is 11.8. The van der Waals surface area contributed by atoms with E-state index in [-0.39, 0.29) is 5.97 Å². The van der Waals surface area contributed by atoms with Crippen LogP contribution in [0.2, 0.25) is 0 Å². The number of piperidine rings is 1.